The molecule has 0 unspecified atom stereocenters. The Morgan fingerprint density at radius 2 is 1.48 bits per heavy atom. The summed E-state index contributed by atoms with van der Waals surface area (Å²) < 4.78 is 0. The third-order valence-corrected chi connectivity index (χ3v) is 12.1. The van der Waals surface area contributed by atoms with Gasteiger partial charge in [0.25, 0.3) is 0 Å². The van der Waals surface area contributed by atoms with Gasteiger partial charge >= 0.3 is 0 Å². The van der Waals surface area contributed by atoms with Crippen molar-refractivity contribution < 1.29 is 9.59 Å². The maximum absolute atomic E-state index is 13.0. The molecule has 5 heteroatoms. The Labute approximate surface area is 177 Å². The van der Waals surface area contributed by atoms with E-state index < -0.39 is 8.07 Å². The monoisotopic (exact) mass is 428 g/mol. The molecule has 0 fully saturated rings. The minimum absolute atomic E-state index is 0.155. The van der Waals surface area contributed by atoms with Crippen LogP contribution in [0.15, 0.2) is 59.5 Å². The van der Waals surface area contributed by atoms with Crippen LogP contribution in [0.1, 0.15) is 25.6 Å². The number of hydrogen-bond donors (Lipinski definition) is 0. The zero-order valence-electron chi connectivity index (χ0n) is 15.9. The summed E-state index contributed by atoms with van der Waals surface area (Å²) in [6.07, 6.45) is 1.82. The minimum Gasteiger partial charge on any atom is -0.288 e. The second-order valence-electron chi connectivity index (χ2n) is 8.14. The third-order valence-electron chi connectivity index (χ3n) is 6.12. The van der Waals surface area contributed by atoms with Crippen molar-refractivity contribution in [2.45, 2.75) is 13.1 Å². The lowest BCUT2D eigenvalue weighted by Crippen LogP contribution is -2.48. The van der Waals surface area contributed by atoms with Gasteiger partial charge in [-0.05, 0) is 50.8 Å². The quantitative estimate of drug-likeness (QED) is 0.236. The minimum atomic E-state index is -1.67. The number of carbonyl (C=O) groups excluding carboxylic acids is 2. The van der Waals surface area contributed by atoms with Crippen molar-refractivity contribution in [3.63, 3.8) is 0 Å². The van der Waals surface area contributed by atoms with Crippen LogP contribution < -0.4 is 10.4 Å². The van der Waals surface area contributed by atoms with Gasteiger partial charge < -0.3 is 0 Å². The zero-order chi connectivity index (χ0) is 19.9. The SMILES string of the molecule is C[Si]1(C)c2ccsc2-c2sc(C=C3C(=O)c4cc5ccccc5cc4C3=O)cc21. The molecule has 0 saturated carbocycles. The van der Waals surface area contributed by atoms with Gasteiger partial charge in [-0.25, -0.2) is 0 Å². The number of fused-ring (bicyclic) bond motifs is 5. The maximum Gasteiger partial charge on any atom is 0.197 e. The van der Waals surface area contributed by atoms with Crippen molar-refractivity contribution >= 4 is 69.5 Å². The Balaban J connectivity index is 1.47. The lowest BCUT2D eigenvalue weighted by atomic mass is 10.0. The molecule has 0 bridgehead atoms. The van der Waals surface area contributed by atoms with Crippen LogP contribution >= 0.6 is 22.7 Å². The van der Waals surface area contributed by atoms with Crippen LogP contribution in [-0.4, -0.2) is 19.6 Å². The first-order valence-corrected chi connectivity index (χ1v) is 14.2. The van der Waals surface area contributed by atoms with E-state index in [1.165, 1.54) is 20.1 Å². The highest BCUT2D eigenvalue weighted by Crippen LogP contribution is 2.39. The smallest absolute Gasteiger partial charge is 0.197 e. The van der Waals surface area contributed by atoms with Crippen molar-refractivity contribution in [1.29, 1.82) is 0 Å². The number of allylic oxidation sites excluding steroid dienone is 1. The number of hydrogen-bond acceptors (Lipinski definition) is 4. The summed E-state index contributed by atoms with van der Waals surface area (Å²) in [5, 5.41) is 7.09. The third kappa shape index (κ3) is 2.26. The Kier molecular flexibility index (Phi) is 3.41. The molecule has 29 heavy (non-hydrogen) atoms. The van der Waals surface area contributed by atoms with Crippen molar-refractivity contribution in [2.75, 3.05) is 0 Å². The molecule has 3 heterocycles. The molecule has 0 saturated heterocycles. The molecule has 1 aliphatic heterocycles. The molecule has 2 aromatic heterocycles. The summed E-state index contributed by atoms with van der Waals surface area (Å²) in [5.74, 6) is -0.310. The van der Waals surface area contributed by atoms with Gasteiger partial charge in [0.05, 0.1) is 5.57 Å². The normalized spacial score (nSPS) is 16.3. The first-order chi connectivity index (χ1) is 13.9. The van der Waals surface area contributed by atoms with Gasteiger partial charge in [-0.2, -0.15) is 0 Å². The fraction of sp³-hybridized carbons (Fsp3) is 0.0833. The zero-order valence-corrected chi connectivity index (χ0v) is 18.5. The molecule has 2 aromatic carbocycles. The number of rotatable bonds is 1. The van der Waals surface area contributed by atoms with Gasteiger partial charge in [0.2, 0.25) is 0 Å². The number of thiophene rings is 2. The van der Waals surface area contributed by atoms with E-state index in [2.05, 4.69) is 30.6 Å². The molecule has 140 valence electrons. The van der Waals surface area contributed by atoms with Crippen molar-refractivity contribution in [1.82, 2.24) is 0 Å². The van der Waals surface area contributed by atoms with Gasteiger partial charge in [-0.3, -0.25) is 9.59 Å². The fourth-order valence-electron chi connectivity index (χ4n) is 4.52. The Hall–Kier alpha value is -2.60. The van der Waals surface area contributed by atoms with E-state index in [9.17, 15) is 9.59 Å². The van der Waals surface area contributed by atoms with E-state index in [0.29, 0.717) is 16.7 Å². The van der Waals surface area contributed by atoms with E-state index in [1.807, 2.05) is 42.5 Å². The predicted octanol–water partition coefficient (Wildman–Crippen LogP) is 5.23. The highest BCUT2D eigenvalue weighted by Gasteiger charge is 2.40. The number of ketones is 2. The predicted molar refractivity (Wildman–Crippen MR) is 125 cm³/mol. The molecule has 0 radical (unpaired) electrons. The van der Waals surface area contributed by atoms with Crippen LogP contribution in [0.25, 0.3) is 26.6 Å². The lowest BCUT2D eigenvalue weighted by molar-refractivity contribution is 0.0990. The van der Waals surface area contributed by atoms with Gasteiger partial charge in [0, 0.05) is 25.8 Å². The van der Waals surface area contributed by atoms with Crippen molar-refractivity contribution in [3.05, 3.63) is 75.5 Å². The molecule has 2 aliphatic rings. The van der Waals surface area contributed by atoms with Crippen LogP contribution in [0, 0.1) is 0 Å². The highest BCUT2D eigenvalue weighted by atomic mass is 32.1. The molecule has 0 N–H and O–H groups in total. The van der Waals surface area contributed by atoms with Gasteiger partial charge in [0.15, 0.2) is 11.6 Å². The van der Waals surface area contributed by atoms with Crippen LogP contribution in [-0.2, 0) is 0 Å². The molecule has 6 rings (SSSR count). The van der Waals surface area contributed by atoms with Crippen molar-refractivity contribution in [2.24, 2.45) is 0 Å². The summed E-state index contributed by atoms with van der Waals surface area (Å²) in [6.45, 7) is 4.75. The van der Waals surface area contributed by atoms with E-state index in [4.69, 9.17) is 0 Å². The Bertz CT molecular complexity index is 1360. The first kappa shape index (κ1) is 17.3. The average molecular weight is 429 g/mol. The van der Waals surface area contributed by atoms with Crippen LogP contribution in [0.4, 0.5) is 0 Å². The van der Waals surface area contributed by atoms with E-state index in [-0.39, 0.29) is 11.6 Å². The summed E-state index contributed by atoms with van der Waals surface area (Å²) in [5.41, 5.74) is 1.35. The second-order valence-corrected chi connectivity index (χ2v) is 14.5. The molecule has 1 aliphatic carbocycles. The fourth-order valence-corrected chi connectivity index (χ4v) is 11.5. The molecule has 2 nitrogen and oxygen atoms in total. The summed E-state index contributed by atoms with van der Waals surface area (Å²) >= 11 is 3.50. The van der Waals surface area contributed by atoms with Crippen molar-refractivity contribution in [3.8, 4) is 9.75 Å². The Morgan fingerprint density at radius 3 is 2.14 bits per heavy atom. The number of benzene rings is 2. The standard InChI is InChI=1S/C24H16O2S2Si/c1-29(2)19-7-8-27-23(19)24-20(29)12-15(28-24)11-18-21(25)16-9-13-5-3-4-6-14(13)10-17(16)22(18)26/h3-12H,1-2H3. The summed E-state index contributed by atoms with van der Waals surface area (Å²) in [6, 6.07) is 16.0. The van der Waals surface area contributed by atoms with Gasteiger partial charge in [-0.1, -0.05) is 43.4 Å². The molecular weight excluding hydrogens is 412 g/mol. The van der Waals surface area contributed by atoms with Gasteiger partial charge in [-0.15, -0.1) is 22.7 Å². The Morgan fingerprint density at radius 1 is 0.828 bits per heavy atom. The van der Waals surface area contributed by atoms with E-state index in [0.717, 1.165) is 15.6 Å². The first-order valence-electron chi connectivity index (χ1n) is 9.52. The number of Topliss-reactive ketones (excluding diaryl/α,β-unsaturated/α-hetero) is 2. The van der Waals surface area contributed by atoms with Crippen LogP contribution in [0.3, 0.4) is 0 Å². The van der Waals surface area contributed by atoms with E-state index in [1.54, 1.807) is 22.7 Å². The average Bonchev–Trinajstić information content (AvgIpc) is 3.44. The molecule has 0 amide bonds. The lowest BCUT2D eigenvalue weighted by Gasteiger charge is -2.15. The van der Waals surface area contributed by atoms with E-state index >= 15 is 0 Å². The molecule has 0 spiro atoms. The molecule has 4 aromatic rings. The molecule has 0 atom stereocenters. The molecular formula is C24H16O2S2Si. The largest absolute Gasteiger partial charge is 0.288 e. The summed E-state index contributed by atoms with van der Waals surface area (Å²) in [7, 11) is -1.67. The van der Waals surface area contributed by atoms with Crippen LogP contribution in [0.2, 0.25) is 13.1 Å². The maximum atomic E-state index is 13.0. The summed E-state index contributed by atoms with van der Waals surface area (Å²) in [4.78, 5) is 29.8. The van der Waals surface area contributed by atoms with Crippen LogP contribution in [0.5, 0.6) is 0 Å². The topological polar surface area (TPSA) is 34.1 Å². The van der Waals surface area contributed by atoms with Gasteiger partial charge in [0.1, 0.15) is 8.07 Å². The number of carbonyl (C=O) groups is 2. The second kappa shape index (κ2) is 5.72. The highest BCUT2D eigenvalue weighted by molar-refractivity contribution is 7.28.